The van der Waals surface area contributed by atoms with Crippen LogP contribution in [0.2, 0.25) is 5.02 Å². The van der Waals surface area contributed by atoms with E-state index in [-0.39, 0.29) is 5.91 Å². The molecule has 1 atom stereocenters. The van der Waals surface area contributed by atoms with Crippen molar-refractivity contribution in [2.24, 2.45) is 5.92 Å². The predicted molar refractivity (Wildman–Crippen MR) is 85.7 cm³/mol. The average Bonchev–Trinajstić information content (AvgIpc) is 2.55. The molecular weight excluding hydrogens is 284 g/mol. The molecule has 0 aliphatic carbocycles. The number of fused-ring (bicyclic) bond motifs is 1. The van der Waals surface area contributed by atoms with Gasteiger partial charge >= 0.3 is 0 Å². The molecule has 2 aromatic rings. The van der Waals surface area contributed by atoms with Gasteiger partial charge in [0.05, 0.1) is 16.1 Å². The van der Waals surface area contributed by atoms with Crippen molar-refractivity contribution in [2.75, 3.05) is 13.1 Å². The third-order valence-corrected chi connectivity index (χ3v) is 4.66. The molecule has 1 aliphatic rings. The molecule has 0 saturated carbocycles. The van der Waals surface area contributed by atoms with Crippen LogP contribution in [0, 0.1) is 5.92 Å². The fourth-order valence-electron chi connectivity index (χ4n) is 3.06. The number of carbonyl (C=O) groups is 1. The van der Waals surface area contributed by atoms with Crippen LogP contribution in [0.25, 0.3) is 10.9 Å². The first-order valence-electron chi connectivity index (χ1n) is 7.53. The Morgan fingerprint density at radius 3 is 3.10 bits per heavy atom. The lowest BCUT2D eigenvalue weighted by atomic mass is 9.95. The van der Waals surface area contributed by atoms with E-state index in [9.17, 15) is 4.79 Å². The van der Waals surface area contributed by atoms with Crippen molar-refractivity contribution in [1.82, 2.24) is 9.88 Å². The zero-order valence-electron chi connectivity index (χ0n) is 12.2. The lowest BCUT2D eigenvalue weighted by Crippen LogP contribution is -2.39. The molecule has 0 spiro atoms. The highest BCUT2D eigenvalue weighted by Crippen LogP contribution is 2.27. The second-order valence-corrected chi connectivity index (χ2v) is 6.07. The van der Waals surface area contributed by atoms with Crippen molar-refractivity contribution in [3.05, 3.63) is 41.0 Å². The number of piperidine rings is 1. The zero-order chi connectivity index (χ0) is 14.8. The van der Waals surface area contributed by atoms with E-state index in [1.54, 1.807) is 18.3 Å². The molecule has 110 valence electrons. The summed E-state index contributed by atoms with van der Waals surface area (Å²) in [5.41, 5.74) is 1.36. The number of benzene rings is 1. The Labute approximate surface area is 129 Å². The quantitative estimate of drug-likeness (QED) is 0.835. The first-order chi connectivity index (χ1) is 10.2. The first kappa shape index (κ1) is 14.3. The van der Waals surface area contributed by atoms with Crippen LogP contribution >= 0.6 is 11.6 Å². The van der Waals surface area contributed by atoms with E-state index in [0.717, 1.165) is 31.3 Å². The van der Waals surface area contributed by atoms with Crippen LogP contribution in [0.3, 0.4) is 0 Å². The number of hydrogen-bond donors (Lipinski definition) is 0. The van der Waals surface area contributed by atoms with Gasteiger partial charge in [-0.3, -0.25) is 9.78 Å². The van der Waals surface area contributed by atoms with Crippen molar-refractivity contribution in [1.29, 1.82) is 0 Å². The van der Waals surface area contributed by atoms with Crippen LogP contribution in [-0.2, 0) is 0 Å². The van der Waals surface area contributed by atoms with Crippen molar-refractivity contribution in [3.63, 3.8) is 0 Å². The molecule has 3 nitrogen and oxygen atoms in total. The molecule has 1 aromatic heterocycles. The summed E-state index contributed by atoms with van der Waals surface area (Å²) < 4.78 is 0. The molecule has 1 aliphatic heterocycles. The molecule has 0 radical (unpaired) electrons. The van der Waals surface area contributed by atoms with E-state index in [1.165, 1.54) is 6.42 Å². The Hall–Kier alpha value is -1.61. The summed E-state index contributed by atoms with van der Waals surface area (Å²) in [6.45, 7) is 3.89. The van der Waals surface area contributed by atoms with Gasteiger partial charge in [0.15, 0.2) is 0 Å². The summed E-state index contributed by atoms with van der Waals surface area (Å²) in [5.74, 6) is 0.697. The minimum absolute atomic E-state index is 0.0773. The Morgan fingerprint density at radius 1 is 1.43 bits per heavy atom. The second kappa shape index (κ2) is 6.02. The van der Waals surface area contributed by atoms with E-state index in [1.807, 2.05) is 17.0 Å². The van der Waals surface area contributed by atoms with Crippen LogP contribution in [-0.4, -0.2) is 28.9 Å². The smallest absolute Gasteiger partial charge is 0.256 e. The average molecular weight is 303 g/mol. The molecule has 3 rings (SSSR count). The van der Waals surface area contributed by atoms with Crippen molar-refractivity contribution in [3.8, 4) is 0 Å². The standard InChI is InChI=1S/C17H19ClN2O/c1-2-12-5-4-10-20(11-12)17(21)14-7-8-15(18)13-6-3-9-19-16(13)14/h3,6-9,12H,2,4-5,10-11H2,1H3/t12-/m1/s1. The Morgan fingerprint density at radius 2 is 2.29 bits per heavy atom. The molecule has 1 saturated heterocycles. The Bertz CT molecular complexity index is 671. The molecule has 0 bridgehead atoms. The molecule has 1 fully saturated rings. The number of nitrogens with zero attached hydrogens (tertiary/aromatic N) is 2. The molecule has 0 N–H and O–H groups in total. The molecule has 21 heavy (non-hydrogen) atoms. The van der Waals surface area contributed by atoms with Crippen molar-refractivity contribution >= 4 is 28.4 Å². The maximum absolute atomic E-state index is 12.8. The lowest BCUT2D eigenvalue weighted by molar-refractivity contribution is 0.0673. The monoisotopic (exact) mass is 302 g/mol. The van der Waals surface area contributed by atoms with Gasteiger partial charge in [-0.1, -0.05) is 24.9 Å². The van der Waals surface area contributed by atoms with Crippen molar-refractivity contribution in [2.45, 2.75) is 26.2 Å². The minimum atomic E-state index is 0.0773. The van der Waals surface area contributed by atoms with Gasteiger partial charge in [-0.05, 0) is 43.0 Å². The van der Waals surface area contributed by atoms with E-state index in [4.69, 9.17) is 11.6 Å². The van der Waals surface area contributed by atoms with Gasteiger partial charge in [0.2, 0.25) is 0 Å². The highest BCUT2D eigenvalue weighted by atomic mass is 35.5. The van der Waals surface area contributed by atoms with Crippen LogP contribution in [0.15, 0.2) is 30.5 Å². The van der Waals surface area contributed by atoms with Crippen molar-refractivity contribution < 1.29 is 4.79 Å². The minimum Gasteiger partial charge on any atom is -0.338 e. The molecule has 2 heterocycles. The largest absolute Gasteiger partial charge is 0.338 e. The normalized spacial score (nSPS) is 19.0. The Balaban J connectivity index is 1.96. The van der Waals surface area contributed by atoms with Gasteiger partial charge in [0.1, 0.15) is 0 Å². The van der Waals surface area contributed by atoms with E-state index < -0.39 is 0 Å². The van der Waals surface area contributed by atoms with Gasteiger partial charge < -0.3 is 4.90 Å². The summed E-state index contributed by atoms with van der Waals surface area (Å²) >= 11 is 6.20. The zero-order valence-corrected chi connectivity index (χ0v) is 12.9. The molecule has 4 heteroatoms. The van der Waals surface area contributed by atoms with Gasteiger partial charge in [-0.25, -0.2) is 0 Å². The Kier molecular flexibility index (Phi) is 4.11. The second-order valence-electron chi connectivity index (χ2n) is 5.66. The summed E-state index contributed by atoms with van der Waals surface area (Å²) in [6.07, 6.45) is 5.15. The highest BCUT2D eigenvalue weighted by molar-refractivity contribution is 6.36. The molecule has 1 aromatic carbocycles. The van der Waals surface area contributed by atoms with Gasteiger partial charge in [-0.15, -0.1) is 0 Å². The van der Waals surface area contributed by atoms with Gasteiger partial charge in [-0.2, -0.15) is 0 Å². The molecular formula is C17H19ClN2O. The topological polar surface area (TPSA) is 33.2 Å². The fraction of sp³-hybridized carbons (Fsp3) is 0.412. The van der Waals surface area contributed by atoms with Crippen LogP contribution in [0.1, 0.15) is 36.5 Å². The highest BCUT2D eigenvalue weighted by Gasteiger charge is 2.25. The first-order valence-corrected chi connectivity index (χ1v) is 7.91. The van der Waals surface area contributed by atoms with Crippen LogP contribution < -0.4 is 0 Å². The lowest BCUT2D eigenvalue weighted by Gasteiger charge is -2.32. The molecule has 1 amide bonds. The molecule has 0 unspecified atom stereocenters. The summed E-state index contributed by atoms with van der Waals surface area (Å²) in [5, 5.41) is 1.48. The maximum atomic E-state index is 12.8. The number of pyridine rings is 1. The van der Waals surface area contributed by atoms with E-state index in [2.05, 4.69) is 11.9 Å². The SMILES string of the molecule is CC[C@@H]1CCCN(C(=O)c2ccc(Cl)c3cccnc23)C1. The summed E-state index contributed by atoms with van der Waals surface area (Å²) in [6, 6.07) is 7.35. The van der Waals surface area contributed by atoms with E-state index >= 15 is 0 Å². The number of rotatable bonds is 2. The maximum Gasteiger partial charge on any atom is 0.256 e. The predicted octanol–water partition coefficient (Wildman–Crippen LogP) is 4.15. The summed E-state index contributed by atoms with van der Waals surface area (Å²) in [4.78, 5) is 19.2. The number of likely N-dealkylation sites (tertiary alicyclic amines) is 1. The number of amides is 1. The number of aromatic nitrogens is 1. The van der Waals surface area contributed by atoms with Crippen LogP contribution in [0.4, 0.5) is 0 Å². The number of hydrogen-bond acceptors (Lipinski definition) is 2. The third kappa shape index (κ3) is 2.75. The fourth-order valence-corrected chi connectivity index (χ4v) is 3.28. The van der Waals surface area contributed by atoms with Gasteiger partial charge in [0, 0.05) is 24.7 Å². The summed E-state index contributed by atoms with van der Waals surface area (Å²) in [7, 11) is 0. The number of carbonyl (C=O) groups excluding carboxylic acids is 1. The van der Waals surface area contributed by atoms with Crippen LogP contribution in [0.5, 0.6) is 0 Å². The van der Waals surface area contributed by atoms with E-state index in [0.29, 0.717) is 22.0 Å². The van der Waals surface area contributed by atoms with Gasteiger partial charge in [0.25, 0.3) is 5.91 Å². The number of halogens is 1. The third-order valence-electron chi connectivity index (χ3n) is 4.33.